The summed E-state index contributed by atoms with van der Waals surface area (Å²) in [7, 11) is 0. The van der Waals surface area contributed by atoms with Crippen molar-refractivity contribution in [3.8, 4) is 0 Å². The molecule has 26 heavy (non-hydrogen) atoms. The van der Waals surface area contributed by atoms with Crippen LogP contribution in [0.2, 0.25) is 0 Å². The molecule has 3 rings (SSSR count). The van der Waals surface area contributed by atoms with E-state index in [1.54, 1.807) is 31.2 Å². The maximum atomic E-state index is 13.7. The molecule has 2 aromatic carbocycles. The van der Waals surface area contributed by atoms with Crippen LogP contribution in [0, 0.1) is 18.6 Å². The summed E-state index contributed by atoms with van der Waals surface area (Å²) >= 11 is 2.37. The Morgan fingerprint density at radius 1 is 1.12 bits per heavy atom. The summed E-state index contributed by atoms with van der Waals surface area (Å²) in [5, 5.41) is 13.6. The highest BCUT2D eigenvalue weighted by Gasteiger charge is 2.11. The van der Waals surface area contributed by atoms with Crippen molar-refractivity contribution >= 4 is 45.5 Å². The van der Waals surface area contributed by atoms with Crippen LogP contribution in [0.4, 0.5) is 25.3 Å². The topological polar surface area (TPSA) is 66.9 Å². The number of benzene rings is 2. The van der Waals surface area contributed by atoms with Crippen LogP contribution in [0.5, 0.6) is 0 Å². The summed E-state index contributed by atoms with van der Waals surface area (Å²) in [5.41, 5.74) is 1.21. The second kappa shape index (κ2) is 8.24. The monoisotopic (exact) mass is 392 g/mol. The van der Waals surface area contributed by atoms with Crippen molar-refractivity contribution in [2.24, 2.45) is 0 Å². The molecule has 0 fully saturated rings. The molecular weight excluding hydrogens is 378 g/mol. The number of hydrogen-bond donors (Lipinski definition) is 2. The molecule has 1 heterocycles. The molecule has 1 aromatic heterocycles. The lowest BCUT2D eigenvalue weighted by molar-refractivity contribution is -0.113. The largest absolute Gasteiger partial charge is 0.328 e. The van der Waals surface area contributed by atoms with E-state index in [1.165, 1.54) is 41.3 Å². The summed E-state index contributed by atoms with van der Waals surface area (Å²) in [6.07, 6.45) is 0. The molecule has 0 atom stereocenters. The fourth-order valence-corrected chi connectivity index (χ4v) is 3.60. The first-order valence-electron chi connectivity index (χ1n) is 7.55. The van der Waals surface area contributed by atoms with Crippen LogP contribution in [0.1, 0.15) is 5.56 Å². The molecule has 5 nitrogen and oxygen atoms in total. The second-order valence-corrected chi connectivity index (χ2v) is 7.50. The van der Waals surface area contributed by atoms with E-state index in [4.69, 9.17) is 0 Å². The molecule has 134 valence electrons. The Morgan fingerprint density at radius 3 is 2.69 bits per heavy atom. The number of anilines is 3. The fourth-order valence-electron chi connectivity index (χ4n) is 2.03. The van der Waals surface area contributed by atoms with Gasteiger partial charge in [0.05, 0.1) is 17.1 Å². The SMILES string of the molecule is Cc1ccc(NC(=O)CSc2nnc(Nc3ccccc3F)s2)c(F)c1. The van der Waals surface area contributed by atoms with Crippen LogP contribution < -0.4 is 10.6 Å². The Labute approximate surface area is 156 Å². The van der Waals surface area contributed by atoms with Gasteiger partial charge in [0.1, 0.15) is 11.6 Å². The Kier molecular flexibility index (Phi) is 5.79. The van der Waals surface area contributed by atoms with Gasteiger partial charge in [0.15, 0.2) is 4.34 Å². The highest BCUT2D eigenvalue weighted by atomic mass is 32.2. The van der Waals surface area contributed by atoms with Crippen molar-refractivity contribution in [2.75, 3.05) is 16.4 Å². The third kappa shape index (κ3) is 4.77. The second-order valence-electron chi connectivity index (χ2n) is 5.30. The summed E-state index contributed by atoms with van der Waals surface area (Å²) in [5.74, 6) is -1.16. The average Bonchev–Trinajstić information content (AvgIpc) is 3.05. The lowest BCUT2D eigenvalue weighted by Gasteiger charge is -2.06. The van der Waals surface area contributed by atoms with E-state index in [9.17, 15) is 13.6 Å². The van der Waals surface area contributed by atoms with Crippen molar-refractivity contribution in [3.05, 3.63) is 59.7 Å². The number of nitrogens with zero attached hydrogens (tertiary/aromatic N) is 2. The van der Waals surface area contributed by atoms with Crippen LogP contribution in [0.25, 0.3) is 0 Å². The van der Waals surface area contributed by atoms with Gasteiger partial charge in [-0.05, 0) is 36.8 Å². The summed E-state index contributed by atoms with van der Waals surface area (Å²) in [4.78, 5) is 12.0. The number of rotatable bonds is 6. The number of carbonyl (C=O) groups is 1. The molecule has 1 amide bonds. The van der Waals surface area contributed by atoms with Gasteiger partial charge in [-0.3, -0.25) is 4.79 Å². The number of aromatic nitrogens is 2. The van der Waals surface area contributed by atoms with E-state index in [0.717, 1.165) is 5.56 Å². The number of halogens is 2. The number of amides is 1. The highest BCUT2D eigenvalue weighted by molar-refractivity contribution is 8.01. The van der Waals surface area contributed by atoms with Crippen LogP contribution in [-0.4, -0.2) is 21.9 Å². The van der Waals surface area contributed by atoms with Gasteiger partial charge in [0.25, 0.3) is 0 Å². The zero-order chi connectivity index (χ0) is 18.5. The first kappa shape index (κ1) is 18.3. The number of carbonyl (C=O) groups excluding carboxylic acids is 1. The van der Waals surface area contributed by atoms with Gasteiger partial charge in [-0.25, -0.2) is 8.78 Å². The first-order chi connectivity index (χ1) is 12.5. The third-order valence-electron chi connectivity index (χ3n) is 3.25. The molecule has 0 aliphatic carbocycles. The molecule has 0 spiro atoms. The number of para-hydroxylation sites is 1. The van der Waals surface area contributed by atoms with Crippen LogP contribution >= 0.6 is 23.1 Å². The Bertz CT molecular complexity index is 933. The number of thioether (sulfide) groups is 1. The maximum Gasteiger partial charge on any atom is 0.234 e. The van der Waals surface area contributed by atoms with Gasteiger partial charge < -0.3 is 10.6 Å². The van der Waals surface area contributed by atoms with E-state index in [2.05, 4.69) is 20.8 Å². The van der Waals surface area contributed by atoms with Crippen molar-refractivity contribution in [1.29, 1.82) is 0 Å². The molecule has 3 aromatic rings. The molecule has 2 N–H and O–H groups in total. The Hall–Kier alpha value is -2.52. The molecule has 0 radical (unpaired) electrons. The van der Waals surface area contributed by atoms with Crippen molar-refractivity contribution in [3.63, 3.8) is 0 Å². The lowest BCUT2D eigenvalue weighted by Crippen LogP contribution is -2.15. The van der Waals surface area contributed by atoms with Gasteiger partial charge in [-0.1, -0.05) is 41.3 Å². The molecule has 0 unspecified atom stereocenters. The van der Waals surface area contributed by atoms with E-state index in [0.29, 0.717) is 15.2 Å². The van der Waals surface area contributed by atoms with Crippen molar-refractivity contribution in [2.45, 2.75) is 11.3 Å². The van der Waals surface area contributed by atoms with Crippen LogP contribution in [0.15, 0.2) is 46.8 Å². The average molecular weight is 392 g/mol. The van der Waals surface area contributed by atoms with E-state index >= 15 is 0 Å². The minimum atomic E-state index is -0.476. The van der Waals surface area contributed by atoms with Gasteiger partial charge in [0.2, 0.25) is 11.0 Å². The van der Waals surface area contributed by atoms with Gasteiger partial charge in [0, 0.05) is 0 Å². The van der Waals surface area contributed by atoms with Crippen molar-refractivity contribution < 1.29 is 13.6 Å². The molecule has 0 aliphatic rings. The summed E-state index contributed by atoms with van der Waals surface area (Å²) in [6.45, 7) is 1.77. The zero-order valence-electron chi connectivity index (χ0n) is 13.6. The number of aryl methyl sites for hydroxylation is 1. The number of hydrogen-bond acceptors (Lipinski definition) is 6. The fraction of sp³-hybridized carbons (Fsp3) is 0.118. The van der Waals surface area contributed by atoms with E-state index < -0.39 is 11.6 Å². The number of nitrogens with one attached hydrogen (secondary N) is 2. The van der Waals surface area contributed by atoms with Gasteiger partial charge in [-0.15, -0.1) is 10.2 Å². The minimum absolute atomic E-state index is 0.0572. The molecule has 9 heteroatoms. The quantitative estimate of drug-likeness (QED) is 0.600. The molecule has 0 aliphatic heterocycles. The predicted molar refractivity (Wildman–Crippen MR) is 100 cm³/mol. The third-order valence-corrected chi connectivity index (χ3v) is 5.22. The minimum Gasteiger partial charge on any atom is -0.328 e. The smallest absolute Gasteiger partial charge is 0.234 e. The molecular formula is C17H14F2N4OS2. The van der Waals surface area contributed by atoms with Gasteiger partial charge >= 0.3 is 0 Å². The summed E-state index contributed by atoms with van der Waals surface area (Å²) < 4.78 is 27.9. The zero-order valence-corrected chi connectivity index (χ0v) is 15.3. The Balaban J connectivity index is 1.54. The standard InChI is InChI=1S/C17H14F2N4OS2/c1-10-6-7-14(12(19)8-10)20-15(24)9-25-17-23-22-16(26-17)21-13-5-3-2-4-11(13)18/h2-8H,9H2,1H3,(H,20,24)(H,21,22). The highest BCUT2D eigenvalue weighted by Crippen LogP contribution is 2.28. The predicted octanol–water partition coefficient (Wildman–Crippen LogP) is 4.60. The summed E-state index contributed by atoms with van der Waals surface area (Å²) in [6, 6.07) is 10.8. The van der Waals surface area contributed by atoms with Crippen LogP contribution in [0.3, 0.4) is 0 Å². The maximum absolute atomic E-state index is 13.7. The van der Waals surface area contributed by atoms with Crippen molar-refractivity contribution in [1.82, 2.24) is 10.2 Å². The van der Waals surface area contributed by atoms with E-state index in [1.807, 2.05) is 0 Å². The van der Waals surface area contributed by atoms with Gasteiger partial charge in [-0.2, -0.15) is 0 Å². The normalized spacial score (nSPS) is 10.6. The van der Waals surface area contributed by atoms with E-state index in [-0.39, 0.29) is 17.3 Å². The first-order valence-corrected chi connectivity index (χ1v) is 9.35. The lowest BCUT2D eigenvalue weighted by atomic mass is 10.2. The van der Waals surface area contributed by atoms with Crippen LogP contribution in [-0.2, 0) is 4.79 Å². The molecule has 0 saturated carbocycles. The Morgan fingerprint density at radius 2 is 1.92 bits per heavy atom. The molecule has 0 saturated heterocycles. The molecule has 0 bridgehead atoms.